The Morgan fingerprint density at radius 2 is 1.54 bits per heavy atom. The van der Waals surface area contributed by atoms with Crippen LogP contribution in [0.5, 0.6) is 0 Å². The number of esters is 3. The molecule has 1 fully saturated rings. The molecule has 1 unspecified atom stereocenters. The molecular weight excluding hydrogens is 320 g/mol. The van der Waals surface area contributed by atoms with Crippen molar-refractivity contribution in [3.8, 4) is 0 Å². The van der Waals surface area contributed by atoms with Crippen LogP contribution in [0.3, 0.4) is 0 Å². The molecule has 24 heavy (non-hydrogen) atoms. The second-order valence-corrected chi connectivity index (χ2v) is 5.54. The Morgan fingerprint density at radius 3 is 2.04 bits per heavy atom. The van der Waals surface area contributed by atoms with Gasteiger partial charge in [0.1, 0.15) is 0 Å². The van der Waals surface area contributed by atoms with Crippen molar-refractivity contribution >= 4 is 17.9 Å². The van der Waals surface area contributed by atoms with Crippen molar-refractivity contribution in [1.82, 2.24) is 0 Å². The molecule has 0 spiro atoms. The summed E-state index contributed by atoms with van der Waals surface area (Å²) >= 11 is 0. The fourth-order valence-electron chi connectivity index (χ4n) is 2.31. The Kier molecular flexibility index (Phi) is 7.62. The van der Waals surface area contributed by atoms with Crippen LogP contribution in [0.15, 0.2) is 0 Å². The lowest BCUT2D eigenvalue weighted by Crippen LogP contribution is -2.65. The van der Waals surface area contributed by atoms with Crippen molar-refractivity contribution in [3.05, 3.63) is 0 Å². The molecule has 0 radical (unpaired) electrons. The first-order valence-electron chi connectivity index (χ1n) is 8.07. The summed E-state index contributed by atoms with van der Waals surface area (Å²) in [6.45, 7) is 6.43. The van der Waals surface area contributed by atoms with Crippen LogP contribution >= 0.6 is 0 Å². The van der Waals surface area contributed by atoms with E-state index in [0.717, 1.165) is 0 Å². The lowest BCUT2D eigenvalue weighted by Gasteiger charge is -2.47. The zero-order valence-corrected chi connectivity index (χ0v) is 14.8. The zero-order valence-electron chi connectivity index (χ0n) is 14.8. The van der Waals surface area contributed by atoms with Gasteiger partial charge >= 0.3 is 17.9 Å². The Morgan fingerprint density at radius 1 is 1.00 bits per heavy atom. The molecule has 8 heteroatoms. The van der Waals surface area contributed by atoms with Gasteiger partial charge in [-0.1, -0.05) is 20.8 Å². The minimum absolute atomic E-state index is 0.0437. The molecule has 0 saturated carbocycles. The third-order valence-electron chi connectivity index (χ3n) is 3.83. The normalized spacial score (nSPS) is 29.6. The van der Waals surface area contributed by atoms with Crippen molar-refractivity contribution in [3.63, 3.8) is 0 Å². The summed E-state index contributed by atoms with van der Waals surface area (Å²) in [5.41, 5.74) is -1.42. The molecule has 0 amide bonds. The van der Waals surface area contributed by atoms with Gasteiger partial charge in [-0.3, -0.25) is 14.4 Å². The molecule has 1 heterocycles. The van der Waals surface area contributed by atoms with Gasteiger partial charge in [0.2, 0.25) is 0 Å². The van der Waals surface area contributed by atoms with Crippen molar-refractivity contribution < 1.29 is 38.1 Å². The van der Waals surface area contributed by atoms with Crippen molar-refractivity contribution in [1.29, 1.82) is 0 Å². The highest BCUT2D eigenvalue weighted by Gasteiger charge is 2.57. The summed E-state index contributed by atoms with van der Waals surface area (Å²) in [4.78, 5) is 35.4. The highest BCUT2D eigenvalue weighted by Crippen LogP contribution is 2.34. The number of carbonyl (C=O) groups is 3. The SMILES string of the molecule is CCC(=O)O[C@@H]1CO[C@@H](OC)[C@H](OC(=O)CC)C1(C)OC(=O)CC. The Bertz CT molecular complexity index is 463. The van der Waals surface area contributed by atoms with Gasteiger partial charge in [-0.2, -0.15) is 0 Å². The predicted molar refractivity (Wildman–Crippen MR) is 81.9 cm³/mol. The van der Waals surface area contributed by atoms with Crippen LogP contribution in [0.25, 0.3) is 0 Å². The van der Waals surface area contributed by atoms with Crippen molar-refractivity contribution in [2.45, 2.75) is 71.1 Å². The van der Waals surface area contributed by atoms with Crippen molar-refractivity contribution in [2.75, 3.05) is 13.7 Å². The summed E-state index contributed by atoms with van der Waals surface area (Å²) in [6.07, 6.45) is -2.51. The molecule has 0 bridgehead atoms. The van der Waals surface area contributed by atoms with E-state index in [1.165, 1.54) is 7.11 Å². The average Bonchev–Trinajstić information content (AvgIpc) is 2.58. The van der Waals surface area contributed by atoms with Crippen LogP contribution in [0, 0.1) is 0 Å². The van der Waals surface area contributed by atoms with E-state index in [1.54, 1.807) is 27.7 Å². The molecule has 1 aliphatic heterocycles. The standard InChI is InChI=1S/C16H26O8/c1-6-11(17)22-10-9-21-15(20-5)14(23-12(18)7-2)16(10,4)24-13(19)8-3/h10,14-15H,6-9H2,1-5H3/t10-,14+,15-,16?/m1/s1. The van der Waals surface area contributed by atoms with Crippen LogP contribution in [0.2, 0.25) is 0 Å². The summed E-state index contributed by atoms with van der Waals surface area (Å²) in [5, 5.41) is 0. The largest absolute Gasteiger partial charge is 0.455 e. The molecule has 4 atom stereocenters. The molecule has 138 valence electrons. The maximum absolute atomic E-state index is 11.9. The second kappa shape index (κ2) is 8.98. The number of hydrogen-bond acceptors (Lipinski definition) is 8. The number of rotatable bonds is 7. The number of ether oxygens (including phenoxy) is 5. The summed E-state index contributed by atoms with van der Waals surface area (Å²) in [6, 6.07) is 0. The molecule has 1 rings (SSSR count). The predicted octanol–water partition coefficient (Wildman–Crippen LogP) is 1.34. The molecular formula is C16H26O8. The van der Waals surface area contributed by atoms with Gasteiger partial charge < -0.3 is 23.7 Å². The molecule has 0 aromatic heterocycles. The molecule has 0 aromatic rings. The molecule has 0 N–H and O–H groups in total. The molecule has 1 aliphatic rings. The number of carbonyl (C=O) groups excluding carboxylic acids is 3. The Hall–Kier alpha value is -1.67. The quantitative estimate of drug-likeness (QED) is 0.503. The lowest BCUT2D eigenvalue weighted by atomic mass is 9.88. The topological polar surface area (TPSA) is 97.4 Å². The minimum Gasteiger partial charge on any atom is -0.455 e. The maximum Gasteiger partial charge on any atom is 0.306 e. The van der Waals surface area contributed by atoms with Crippen molar-refractivity contribution in [2.24, 2.45) is 0 Å². The van der Waals surface area contributed by atoms with Gasteiger partial charge in [0.25, 0.3) is 0 Å². The van der Waals surface area contributed by atoms with E-state index in [2.05, 4.69) is 0 Å². The highest BCUT2D eigenvalue weighted by atomic mass is 16.7. The molecule has 8 nitrogen and oxygen atoms in total. The summed E-state index contributed by atoms with van der Waals surface area (Å²) < 4.78 is 27.0. The maximum atomic E-state index is 11.9. The fourth-order valence-corrected chi connectivity index (χ4v) is 2.31. The van der Waals surface area contributed by atoms with E-state index in [1.807, 2.05) is 0 Å². The van der Waals surface area contributed by atoms with Crippen LogP contribution in [-0.2, 0) is 38.1 Å². The van der Waals surface area contributed by atoms with Gasteiger partial charge in [-0.05, 0) is 6.92 Å². The summed E-state index contributed by atoms with van der Waals surface area (Å²) in [7, 11) is 1.39. The Balaban J connectivity index is 3.18. The summed E-state index contributed by atoms with van der Waals surface area (Å²) in [5.74, 6) is -1.49. The van der Waals surface area contributed by atoms with Gasteiger partial charge in [0.05, 0.1) is 6.61 Å². The van der Waals surface area contributed by atoms with Gasteiger partial charge in [-0.15, -0.1) is 0 Å². The van der Waals surface area contributed by atoms with Gasteiger partial charge in [0.15, 0.2) is 24.1 Å². The molecule has 0 aliphatic carbocycles. The fraction of sp³-hybridized carbons (Fsp3) is 0.812. The number of methoxy groups -OCH3 is 1. The lowest BCUT2D eigenvalue weighted by molar-refractivity contribution is -0.304. The van der Waals surface area contributed by atoms with E-state index >= 15 is 0 Å². The van der Waals surface area contributed by atoms with Gasteiger partial charge in [-0.25, -0.2) is 0 Å². The first-order chi connectivity index (χ1) is 11.3. The molecule has 1 saturated heterocycles. The second-order valence-electron chi connectivity index (χ2n) is 5.54. The highest BCUT2D eigenvalue weighted by molar-refractivity contribution is 5.71. The Labute approximate surface area is 141 Å². The third-order valence-corrected chi connectivity index (χ3v) is 3.83. The smallest absolute Gasteiger partial charge is 0.306 e. The van der Waals surface area contributed by atoms with Crippen LogP contribution in [-0.4, -0.2) is 55.7 Å². The van der Waals surface area contributed by atoms with E-state index in [9.17, 15) is 14.4 Å². The van der Waals surface area contributed by atoms with Crippen LogP contribution in [0.1, 0.15) is 47.0 Å². The average molecular weight is 346 g/mol. The van der Waals surface area contributed by atoms with E-state index in [4.69, 9.17) is 23.7 Å². The third kappa shape index (κ3) is 4.67. The minimum atomic E-state index is -1.42. The zero-order chi connectivity index (χ0) is 18.3. The monoisotopic (exact) mass is 346 g/mol. The van der Waals surface area contributed by atoms with E-state index in [0.29, 0.717) is 0 Å². The molecule has 0 aromatic carbocycles. The first kappa shape index (κ1) is 20.4. The van der Waals surface area contributed by atoms with Crippen LogP contribution in [0.4, 0.5) is 0 Å². The van der Waals surface area contributed by atoms with Crippen LogP contribution < -0.4 is 0 Å². The van der Waals surface area contributed by atoms with Gasteiger partial charge in [0, 0.05) is 26.4 Å². The van der Waals surface area contributed by atoms with E-state index < -0.39 is 42.0 Å². The van der Waals surface area contributed by atoms with E-state index in [-0.39, 0.29) is 25.9 Å². The first-order valence-corrected chi connectivity index (χ1v) is 8.07. The number of hydrogen-bond donors (Lipinski definition) is 0.